The molecule has 1 aromatic rings. The zero-order valence-electron chi connectivity index (χ0n) is 10.4. The summed E-state index contributed by atoms with van der Waals surface area (Å²) >= 11 is 0. The number of hydrogen-bond donors (Lipinski definition) is 3. The normalized spacial score (nSPS) is 22.6. The molecule has 0 bridgehead atoms. The average molecular weight is 269 g/mol. The number of carbonyl (C=O) groups is 1. The summed E-state index contributed by atoms with van der Waals surface area (Å²) in [5.41, 5.74) is -0.573. The van der Waals surface area contributed by atoms with Gasteiger partial charge in [-0.15, -0.1) is 0 Å². The molecule has 0 spiro atoms. The topological polar surface area (TPSA) is 78.8 Å². The summed E-state index contributed by atoms with van der Waals surface area (Å²) in [7, 11) is 0. The zero-order valence-corrected chi connectivity index (χ0v) is 10.4. The first-order valence-electron chi connectivity index (χ1n) is 6.03. The Labute approximate surface area is 110 Å². The third-order valence-electron chi connectivity index (χ3n) is 3.13. The van der Waals surface area contributed by atoms with E-state index in [4.69, 9.17) is 9.84 Å². The van der Waals surface area contributed by atoms with E-state index in [9.17, 15) is 14.3 Å². The third-order valence-corrected chi connectivity index (χ3v) is 3.13. The first-order valence-corrected chi connectivity index (χ1v) is 6.03. The van der Waals surface area contributed by atoms with Gasteiger partial charge < -0.3 is 20.3 Å². The van der Waals surface area contributed by atoms with Crippen LogP contribution in [0.2, 0.25) is 0 Å². The van der Waals surface area contributed by atoms with Crippen molar-refractivity contribution in [2.24, 2.45) is 0 Å². The standard InChI is InChI=1S/C13H16FNO4/c14-11-5-9(1-2-10(11)12(16)17)6-15-7-13(18)3-4-19-8-13/h1-2,5,15,18H,3-4,6-8H2,(H,16,17). The van der Waals surface area contributed by atoms with Crippen LogP contribution < -0.4 is 5.32 Å². The Morgan fingerprint density at radius 1 is 1.53 bits per heavy atom. The summed E-state index contributed by atoms with van der Waals surface area (Å²) in [5.74, 6) is -2.04. The van der Waals surface area contributed by atoms with Gasteiger partial charge in [0.2, 0.25) is 0 Å². The maximum atomic E-state index is 13.4. The monoisotopic (exact) mass is 269 g/mol. The summed E-state index contributed by atoms with van der Waals surface area (Å²) in [4.78, 5) is 10.7. The summed E-state index contributed by atoms with van der Waals surface area (Å²) in [6, 6.07) is 3.97. The molecule has 1 aliphatic heterocycles. The summed E-state index contributed by atoms with van der Waals surface area (Å²) < 4.78 is 18.5. The van der Waals surface area contributed by atoms with Crippen LogP contribution in [-0.2, 0) is 11.3 Å². The lowest BCUT2D eigenvalue weighted by atomic mass is 10.0. The van der Waals surface area contributed by atoms with Crippen molar-refractivity contribution in [2.75, 3.05) is 19.8 Å². The smallest absolute Gasteiger partial charge is 0.338 e. The summed E-state index contributed by atoms with van der Waals surface area (Å²) in [6.45, 7) is 1.56. The number of ether oxygens (including phenoxy) is 1. The fourth-order valence-corrected chi connectivity index (χ4v) is 2.02. The first-order chi connectivity index (χ1) is 9.00. The molecule has 6 heteroatoms. The minimum atomic E-state index is -1.28. The van der Waals surface area contributed by atoms with Gasteiger partial charge in [0.15, 0.2) is 0 Å². The molecular formula is C13H16FNO4. The molecule has 3 N–H and O–H groups in total. The molecule has 0 saturated carbocycles. The van der Waals surface area contributed by atoms with Crippen LogP contribution in [-0.4, -0.2) is 41.5 Å². The molecule has 2 rings (SSSR count). The Kier molecular flexibility index (Phi) is 4.14. The highest BCUT2D eigenvalue weighted by molar-refractivity contribution is 5.87. The lowest BCUT2D eigenvalue weighted by Crippen LogP contribution is -2.40. The van der Waals surface area contributed by atoms with Crippen molar-refractivity contribution >= 4 is 5.97 Å². The highest BCUT2D eigenvalue weighted by atomic mass is 19.1. The zero-order chi connectivity index (χ0) is 13.9. The van der Waals surface area contributed by atoms with E-state index in [1.54, 1.807) is 6.07 Å². The lowest BCUT2D eigenvalue weighted by molar-refractivity contribution is 0.0268. The SMILES string of the molecule is O=C(O)c1ccc(CNCC2(O)CCOC2)cc1F. The van der Waals surface area contributed by atoms with E-state index in [0.29, 0.717) is 38.3 Å². The van der Waals surface area contributed by atoms with Gasteiger partial charge in [-0.1, -0.05) is 6.07 Å². The Morgan fingerprint density at radius 3 is 2.89 bits per heavy atom. The molecule has 1 heterocycles. The predicted octanol–water partition coefficient (Wildman–Crippen LogP) is 0.765. The lowest BCUT2D eigenvalue weighted by Gasteiger charge is -2.20. The Hall–Kier alpha value is -1.50. The van der Waals surface area contributed by atoms with Gasteiger partial charge in [0, 0.05) is 26.1 Å². The second-order valence-corrected chi connectivity index (χ2v) is 4.75. The van der Waals surface area contributed by atoms with Gasteiger partial charge in [-0.05, 0) is 17.7 Å². The molecule has 5 nitrogen and oxygen atoms in total. The number of rotatable bonds is 5. The van der Waals surface area contributed by atoms with Gasteiger partial charge in [-0.2, -0.15) is 0 Å². The average Bonchev–Trinajstić information content (AvgIpc) is 2.76. The van der Waals surface area contributed by atoms with Crippen molar-refractivity contribution in [3.63, 3.8) is 0 Å². The number of aromatic carboxylic acids is 1. The highest BCUT2D eigenvalue weighted by Gasteiger charge is 2.31. The van der Waals surface area contributed by atoms with E-state index in [1.807, 2.05) is 0 Å². The molecule has 1 unspecified atom stereocenters. The Morgan fingerprint density at radius 2 is 2.32 bits per heavy atom. The van der Waals surface area contributed by atoms with Gasteiger partial charge >= 0.3 is 5.97 Å². The molecular weight excluding hydrogens is 253 g/mol. The van der Waals surface area contributed by atoms with Crippen LogP contribution in [0.15, 0.2) is 18.2 Å². The fourth-order valence-electron chi connectivity index (χ4n) is 2.02. The largest absolute Gasteiger partial charge is 0.478 e. The van der Waals surface area contributed by atoms with E-state index in [1.165, 1.54) is 12.1 Å². The quantitative estimate of drug-likeness (QED) is 0.735. The van der Waals surface area contributed by atoms with Crippen LogP contribution in [0.4, 0.5) is 4.39 Å². The number of hydrogen-bond acceptors (Lipinski definition) is 4. The van der Waals surface area contributed by atoms with Gasteiger partial charge in [-0.25, -0.2) is 9.18 Å². The molecule has 0 aromatic heterocycles. The van der Waals surface area contributed by atoms with Crippen LogP contribution in [0.25, 0.3) is 0 Å². The minimum absolute atomic E-state index is 0.298. The van der Waals surface area contributed by atoms with Crippen molar-refractivity contribution in [1.82, 2.24) is 5.32 Å². The maximum Gasteiger partial charge on any atom is 0.338 e. The van der Waals surface area contributed by atoms with Crippen molar-refractivity contribution in [3.8, 4) is 0 Å². The van der Waals surface area contributed by atoms with Gasteiger partial charge in [-0.3, -0.25) is 0 Å². The molecule has 19 heavy (non-hydrogen) atoms. The van der Waals surface area contributed by atoms with Crippen molar-refractivity contribution in [1.29, 1.82) is 0 Å². The van der Waals surface area contributed by atoms with Crippen LogP contribution >= 0.6 is 0 Å². The van der Waals surface area contributed by atoms with Crippen molar-refractivity contribution in [3.05, 3.63) is 35.1 Å². The summed E-state index contributed by atoms with van der Waals surface area (Å²) in [5, 5.41) is 21.7. The van der Waals surface area contributed by atoms with Crippen LogP contribution in [0.5, 0.6) is 0 Å². The van der Waals surface area contributed by atoms with Gasteiger partial charge in [0.25, 0.3) is 0 Å². The third kappa shape index (κ3) is 3.50. The van der Waals surface area contributed by atoms with Gasteiger partial charge in [0.05, 0.1) is 12.2 Å². The molecule has 1 aliphatic rings. The second kappa shape index (κ2) is 5.64. The number of benzene rings is 1. The molecule has 0 amide bonds. The molecule has 1 aromatic carbocycles. The van der Waals surface area contributed by atoms with Crippen LogP contribution in [0.1, 0.15) is 22.3 Å². The molecule has 1 saturated heterocycles. The van der Waals surface area contributed by atoms with E-state index >= 15 is 0 Å². The molecule has 104 valence electrons. The highest BCUT2D eigenvalue weighted by Crippen LogP contribution is 2.17. The Balaban J connectivity index is 1.89. The van der Waals surface area contributed by atoms with Crippen LogP contribution in [0, 0.1) is 5.82 Å². The van der Waals surface area contributed by atoms with Crippen LogP contribution in [0.3, 0.4) is 0 Å². The number of nitrogens with one attached hydrogen (secondary N) is 1. The number of carboxylic acids is 1. The second-order valence-electron chi connectivity index (χ2n) is 4.75. The molecule has 0 aliphatic carbocycles. The Bertz CT molecular complexity index is 472. The fraction of sp³-hybridized carbons (Fsp3) is 0.462. The molecule has 1 atom stereocenters. The number of aliphatic hydroxyl groups is 1. The van der Waals surface area contributed by atoms with E-state index in [0.717, 1.165) is 0 Å². The van der Waals surface area contributed by atoms with E-state index in [2.05, 4.69) is 5.32 Å². The maximum absolute atomic E-state index is 13.4. The molecule has 0 radical (unpaired) electrons. The number of carboxylic acid groups (broad SMARTS) is 1. The minimum Gasteiger partial charge on any atom is -0.478 e. The summed E-state index contributed by atoms with van der Waals surface area (Å²) in [6.07, 6.45) is 0.576. The van der Waals surface area contributed by atoms with Crippen molar-refractivity contribution < 1.29 is 24.1 Å². The van der Waals surface area contributed by atoms with E-state index < -0.39 is 17.4 Å². The van der Waals surface area contributed by atoms with Crippen molar-refractivity contribution in [2.45, 2.75) is 18.6 Å². The molecule has 1 fully saturated rings. The first kappa shape index (κ1) is 13.9. The number of halogens is 1. The predicted molar refractivity (Wildman–Crippen MR) is 65.5 cm³/mol. The van der Waals surface area contributed by atoms with E-state index in [-0.39, 0.29) is 5.56 Å². The van der Waals surface area contributed by atoms with Gasteiger partial charge in [0.1, 0.15) is 11.4 Å².